The van der Waals surface area contributed by atoms with Crippen LogP contribution in [0.4, 0.5) is 5.69 Å². The molecule has 0 aliphatic carbocycles. The minimum atomic E-state index is -3.89. The van der Waals surface area contributed by atoms with E-state index in [-0.39, 0.29) is 10.5 Å². The predicted octanol–water partition coefficient (Wildman–Crippen LogP) is 2.04. The van der Waals surface area contributed by atoms with E-state index in [1.54, 1.807) is 0 Å². The summed E-state index contributed by atoms with van der Waals surface area (Å²) in [6.07, 6.45) is 0. The molecular formula is C16H18N2O4S. The number of primary sulfonamides is 1. The molecule has 0 saturated heterocycles. The second kappa shape index (κ2) is 6.80. The van der Waals surface area contributed by atoms with Crippen molar-refractivity contribution in [3.05, 3.63) is 59.2 Å². The van der Waals surface area contributed by atoms with E-state index in [0.29, 0.717) is 12.2 Å². The number of hydrogen-bond acceptors (Lipinski definition) is 5. The summed E-state index contributed by atoms with van der Waals surface area (Å²) in [6, 6.07) is 11.9. The number of benzene rings is 2. The maximum atomic E-state index is 11.9. The van der Waals surface area contributed by atoms with Crippen LogP contribution in [0.5, 0.6) is 0 Å². The average molecular weight is 334 g/mol. The van der Waals surface area contributed by atoms with Crippen LogP contribution in [0.3, 0.4) is 0 Å². The molecular weight excluding hydrogens is 316 g/mol. The minimum Gasteiger partial charge on any atom is -0.465 e. The number of nitrogens with one attached hydrogen (secondary N) is 1. The van der Waals surface area contributed by atoms with Crippen LogP contribution in [0.15, 0.2) is 47.4 Å². The van der Waals surface area contributed by atoms with Crippen LogP contribution in [0.2, 0.25) is 0 Å². The van der Waals surface area contributed by atoms with E-state index >= 15 is 0 Å². The maximum absolute atomic E-state index is 11.9. The number of esters is 1. The molecule has 0 spiro atoms. The predicted molar refractivity (Wildman–Crippen MR) is 87.7 cm³/mol. The third kappa shape index (κ3) is 4.08. The molecule has 7 heteroatoms. The highest BCUT2D eigenvalue weighted by Crippen LogP contribution is 2.22. The summed E-state index contributed by atoms with van der Waals surface area (Å²) in [5, 5.41) is 8.23. The molecule has 0 fully saturated rings. The van der Waals surface area contributed by atoms with Crippen molar-refractivity contribution >= 4 is 21.7 Å². The van der Waals surface area contributed by atoms with E-state index < -0.39 is 16.0 Å². The molecule has 3 N–H and O–H groups in total. The zero-order chi connectivity index (χ0) is 17.0. The van der Waals surface area contributed by atoms with Gasteiger partial charge in [-0.3, -0.25) is 0 Å². The summed E-state index contributed by atoms with van der Waals surface area (Å²) >= 11 is 0. The van der Waals surface area contributed by atoms with Gasteiger partial charge >= 0.3 is 5.97 Å². The van der Waals surface area contributed by atoms with Crippen molar-refractivity contribution in [2.45, 2.75) is 18.4 Å². The average Bonchev–Trinajstić information content (AvgIpc) is 2.52. The number of methoxy groups -OCH3 is 1. The van der Waals surface area contributed by atoms with Crippen molar-refractivity contribution in [1.29, 1.82) is 0 Å². The fraction of sp³-hybridized carbons (Fsp3) is 0.188. The first-order chi connectivity index (χ1) is 10.8. The van der Waals surface area contributed by atoms with Gasteiger partial charge in [0, 0.05) is 12.2 Å². The van der Waals surface area contributed by atoms with Gasteiger partial charge in [0.2, 0.25) is 10.0 Å². The molecule has 0 atom stereocenters. The Kier molecular flexibility index (Phi) is 5.02. The molecule has 23 heavy (non-hydrogen) atoms. The van der Waals surface area contributed by atoms with E-state index in [0.717, 1.165) is 11.1 Å². The zero-order valence-corrected chi connectivity index (χ0v) is 13.7. The van der Waals surface area contributed by atoms with E-state index in [9.17, 15) is 13.2 Å². The van der Waals surface area contributed by atoms with Crippen LogP contribution >= 0.6 is 0 Å². The molecule has 0 saturated carbocycles. The summed E-state index contributed by atoms with van der Waals surface area (Å²) < 4.78 is 27.6. The topological polar surface area (TPSA) is 98.5 Å². The fourth-order valence-corrected chi connectivity index (χ4v) is 2.67. The van der Waals surface area contributed by atoms with E-state index in [1.807, 2.05) is 31.2 Å². The Labute approximate surface area is 135 Å². The lowest BCUT2D eigenvalue weighted by Gasteiger charge is -2.13. The van der Waals surface area contributed by atoms with Gasteiger partial charge in [0.25, 0.3) is 0 Å². The van der Waals surface area contributed by atoms with Gasteiger partial charge in [-0.1, -0.05) is 24.3 Å². The van der Waals surface area contributed by atoms with Crippen LogP contribution in [0.1, 0.15) is 21.5 Å². The third-order valence-electron chi connectivity index (χ3n) is 3.46. The Balaban J connectivity index is 2.34. The maximum Gasteiger partial charge on any atom is 0.340 e. The Morgan fingerprint density at radius 2 is 1.91 bits per heavy atom. The second-order valence-corrected chi connectivity index (χ2v) is 6.59. The first kappa shape index (κ1) is 17.0. The Morgan fingerprint density at radius 1 is 1.22 bits per heavy atom. The molecule has 2 rings (SSSR count). The van der Waals surface area contributed by atoms with Gasteiger partial charge in [0.05, 0.1) is 17.6 Å². The molecule has 0 aromatic heterocycles. The van der Waals surface area contributed by atoms with Crippen molar-refractivity contribution in [3.8, 4) is 0 Å². The SMILES string of the molecule is COC(=O)c1cc(S(N)(=O)=O)ccc1NCc1ccccc1C. The van der Waals surface area contributed by atoms with Gasteiger partial charge in [0.15, 0.2) is 0 Å². The normalized spacial score (nSPS) is 11.1. The largest absolute Gasteiger partial charge is 0.465 e. The molecule has 0 heterocycles. The van der Waals surface area contributed by atoms with E-state index in [4.69, 9.17) is 9.88 Å². The number of nitrogens with two attached hydrogens (primary N) is 1. The zero-order valence-electron chi connectivity index (χ0n) is 12.9. The van der Waals surface area contributed by atoms with Gasteiger partial charge in [-0.25, -0.2) is 18.4 Å². The fourth-order valence-electron chi connectivity index (χ4n) is 2.13. The number of carbonyl (C=O) groups excluding carboxylic acids is 1. The lowest BCUT2D eigenvalue weighted by Crippen LogP contribution is -2.15. The minimum absolute atomic E-state index is 0.118. The lowest BCUT2D eigenvalue weighted by atomic mass is 10.1. The van der Waals surface area contributed by atoms with Crippen molar-refractivity contribution < 1.29 is 17.9 Å². The number of sulfonamides is 1. The van der Waals surface area contributed by atoms with Crippen LogP contribution in [0.25, 0.3) is 0 Å². The molecule has 2 aromatic carbocycles. The standard InChI is InChI=1S/C16H18N2O4S/c1-11-5-3-4-6-12(11)10-18-15-8-7-13(23(17,20)21)9-14(15)16(19)22-2/h3-9,18H,10H2,1-2H3,(H2,17,20,21). The van der Waals surface area contributed by atoms with Crippen LogP contribution in [-0.4, -0.2) is 21.5 Å². The molecule has 0 unspecified atom stereocenters. The summed E-state index contributed by atoms with van der Waals surface area (Å²) in [5.74, 6) is -0.636. The Morgan fingerprint density at radius 3 is 2.52 bits per heavy atom. The molecule has 0 bridgehead atoms. The van der Waals surface area contributed by atoms with Gasteiger partial charge in [-0.05, 0) is 36.2 Å². The van der Waals surface area contributed by atoms with Gasteiger partial charge < -0.3 is 10.1 Å². The monoisotopic (exact) mass is 334 g/mol. The smallest absolute Gasteiger partial charge is 0.340 e. The number of carbonyl (C=O) groups is 1. The highest BCUT2D eigenvalue weighted by molar-refractivity contribution is 7.89. The number of aryl methyl sites for hydroxylation is 1. The molecule has 6 nitrogen and oxygen atoms in total. The quantitative estimate of drug-likeness (QED) is 0.815. The third-order valence-corrected chi connectivity index (χ3v) is 4.37. The van der Waals surface area contributed by atoms with Gasteiger partial charge in [-0.2, -0.15) is 0 Å². The van der Waals surface area contributed by atoms with Crippen LogP contribution in [-0.2, 0) is 21.3 Å². The number of anilines is 1. The molecule has 0 radical (unpaired) electrons. The van der Waals surface area contributed by atoms with Crippen molar-refractivity contribution in [2.75, 3.05) is 12.4 Å². The summed E-state index contributed by atoms with van der Waals surface area (Å²) in [7, 11) is -2.66. The summed E-state index contributed by atoms with van der Waals surface area (Å²) in [4.78, 5) is 11.8. The van der Waals surface area contributed by atoms with Crippen LogP contribution in [0, 0.1) is 6.92 Å². The lowest BCUT2D eigenvalue weighted by molar-refractivity contribution is 0.0601. The molecule has 0 amide bonds. The Bertz CT molecular complexity index is 832. The summed E-state index contributed by atoms with van der Waals surface area (Å²) in [5.41, 5.74) is 2.78. The number of hydrogen-bond donors (Lipinski definition) is 2. The number of rotatable bonds is 5. The molecule has 0 aliphatic heterocycles. The van der Waals surface area contributed by atoms with Crippen LogP contribution < -0.4 is 10.5 Å². The number of ether oxygens (including phenoxy) is 1. The molecule has 0 aliphatic rings. The Hall–Kier alpha value is -2.38. The highest BCUT2D eigenvalue weighted by Gasteiger charge is 2.17. The first-order valence-corrected chi connectivity index (χ1v) is 8.41. The van der Waals surface area contributed by atoms with Crippen molar-refractivity contribution in [3.63, 3.8) is 0 Å². The summed E-state index contributed by atoms with van der Waals surface area (Å²) in [6.45, 7) is 2.48. The van der Waals surface area contributed by atoms with E-state index in [1.165, 1.54) is 25.3 Å². The molecule has 122 valence electrons. The highest BCUT2D eigenvalue weighted by atomic mass is 32.2. The second-order valence-electron chi connectivity index (χ2n) is 5.02. The van der Waals surface area contributed by atoms with Gasteiger partial charge in [0.1, 0.15) is 0 Å². The van der Waals surface area contributed by atoms with E-state index in [2.05, 4.69) is 5.32 Å². The molecule has 2 aromatic rings. The first-order valence-electron chi connectivity index (χ1n) is 6.86. The van der Waals surface area contributed by atoms with Crippen molar-refractivity contribution in [1.82, 2.24) is 0 Å². The van der Waals surface area contributed by atoms with Gasteiger partial charge in [-0.15, -0.1) is 0 Å². The van der Waals surface area contributed by atoms with Crippen molar-refractivity contribution in [2.24, 2.45) is 5.14 Å².